The predicted molar refractivity (Wildman–Crippen MR) is 123 cm³/mol. The molecule has 164 valence electrons. The van der Waals surface area contributed by atoms with Crippen LogP contribution in [-0.2, 0) is 4.79 Å². The number of ether oxygens (including phenoxy) is 1. The van der Waals surface area contributed by atoms with Gasteiger partial charge in [0.25, 0.3) is 5.91 Å². The lowest BCUT2D eigenvalue weighted by atomic mass is 10.1. The third-order valence-corrected chi connectivity index (χ3v) is 6.77. The van der Waals surface area contributed by atoms with Crippen molar-refractivity contribution in [1.29, 1.82) is 5.26 Å². The quantitative estimate of drug-likeness (QED) is 0.519. The topological polar surface area (TPSA) is 82.4 Å². The summed E-state index contributed by atoms with van der Waals surface area (Å²) in [5.41, 5.74) is 0.974. The van der Waals surface area contributed by atoms with Gasteiger partial charge in [0.1, 0.15) is 16.8 Å². The standard InChI is InChI=1S/C22H23Cl2N3O3S/c1-14-16(13-25)21(31-20(14)22(29)27-9-3-2-4-10-27)26-19(28)6-5-11-30-18-8-7-15(23)12-17(18)24/h7-8,12H,2-6,9-11H2,1H3,(H,26,28). The average Bonchev–Trinajstić information content (AvgIpc) is 3.07. The Morgan fingerprint density at radius 3 is 2.68 bits per heavy atom. The summed E-state index contributed by atoms with van der Waals surface area (Å²) in [6, 6.07) is 7.08. The number of nitriles is 1. The Morgan fingerprint density at radius 1 is 1.26 bits per heavy atom. The average molecular weight is 480 g/mol. The van der Waals surface area contributed by atoms with Crippen molar-refractivity contribution in [2.45, 2.75) is 39.0 Å². The van der Waals surface area contributed by atoms with Crippen molar-refractivity contribution in [3.63, 3.8) is 0 Å². The molecule has 3 rings (SSSR count). The molecule has 0 atom stereocenters. The minimum atomic E-state index is -0.236. The highest BCUT2D eigenvalue weighted by Gasteiger charge is 2.25. The highest BCUT2D eigenvalue weighted by Crippen LogP contribution is 2.34. The zero-order valence-corrected chi connectivity index (χ0v) is 19.5. The van der Waals surface area contributed by atoms with E-state index in [2.05, 4.69) is 11.4 Å². The Hall–Kier alpha value is -2.27. The summed E-state index contributed by atoms with van der Waals surface area (Å²) in [7, 11) is 0. The number of benzene rings is 1. The molecule has 9 heteroatoms. The van der Waals surface area contributed by atoms with E-state index in [1.807, 2.05) is 4.90 Å². The van der Waals surface area contributed by atoms with Crippen LogP contribution in [0.1, 0.15) is 52.9 Å². The summed E-state index contributed by atoms with van der Waals surface area (Å²) in [5, 5.41) is 13.7. The van der Waals surface area contributed by atoms with E-state index in [4.69, 9.17) is 27.9 Å². The first kappa shape index (κ1) is 23.4. The second kappa shape index (κ2) is 10.9. The van der Waals surface area contributed by atoms with Gasteiger partial charge in [0.2, 0.25) is 5.91 Å². The second-order valence-electron chi connectivity index (χ2n) is 7.30. The molecule has 0 spiro atoms. The maximum atomic E-state index is 12.9. The summed E-state index contributed by atoms with van der Waals surface area (Å²) < 4.78 is 5.59. The van der Waals surface area contributed by atoms with Gasteiger partial charge in [0.15, 0.2) is 0 Å². The Labute approximate surface area is 195 Å². The van der Waals surface area contributed by atoms with E-state index in [1.165, 1.54) is 11.3 Å². The molecule has 0 aliphatic carbocycles. The number of halogens is 2. The molecule has 0 saturated carbocycles. The smallest absolute Gasteiger partial charge is 0.264 e. The van der Waals surface area contributed by atoms with Gasteiger partial charge in [-0.15, -0.1) is 11.3 Å². The molecule has 2 heterocycles. The van der Waals surface area contributed by atoms with Gasteiger partial charge in [0, 0.05) is 24.5 Å². The number of hydrogen-bond donors (Lipinski definition) is 1. The molecule has 1 fully saturated rings. The van der Waals surface area contributed by atoms with Crippen molar-refractivity contribution in [3.05, 3.63) is 44.2 Å². The van der Waals surface area contributed by atoms with E-state index in [9.17, 15) is 14.9 Å². The normalized spacial score (nSPS) is 13.5. The maximum absolute atomic E-state index is 12.9. The van der Waals surface area contributed by atoms with Crippen molar-refractivity contribution in [2.75, 3.05) is 25.0 Å². The van der Waals surface area contributed by atoms with Crippen molar-refractivity contribution in [3.8, 4) is 11.8 Å². The van der Waals surface area contributed by atoms with E-state index in [0.29, 0.717) is 49.8 Å². The van der Waals surface area contributed by atoms with Crippen LogP contribution in [0.4, 0.5) is 5.00 Å². The lowest BCUT2D eigenvalue weighted by Gasteiger charge is -2.26. The number of anilines is 1. The number of nitrogens with one attached hydrogen (secondary N) is 1. The third-order valence-electron chi connectivity index (χ3n) is 5.05. The third kappa shape index (κ3) is 5.91. The van der Waals surface area contributed by atoms with Crippen LogP contribution in [0, 0.1) is 18.3 Å². The number of rotatable bonds is 7. The van der Waals surface area contributed by atoms with E-state index in [0.717, 1.165) is 32.4 Å². The highest BCUT2D eigenvalue weighted by atomic mass is 35.5. The molecule has 1 aromatic carbocycles. The zero-order chi connectivity index (χ0) is 22.4. The van der Waals surface area contributed by atoms with Crippen LogP contribution in [0.15, 0.2) is 18.2 Å². The Kier molecular flexibility index (Phi) is 8.19. The van der Waals surface area contributed by atoms with Crippen LogP contribution >= 0.6 is 34.5 Å². The molecule has 31 heavy (non-hydrogen) atoms. The predicted octanol–water partition coefficient (Wildman–Crippen LogP) is 5.66. The largest absolute Gasteiger partial charge is 0.492 e. The van der Waals surface area contributed by atoms with E-state index in [-0.39, 0.29) is 18.2 Å². The monoisotopic (exact) mass is 479 g/mol. The fourth-order valence-electron chi connectivity index (χ4n) is 3.38. The number of carbonyl (C=O) groups is 2. The van der Waals surface area contributed by atoms with Crippen LogP contribution in [0.3, 0.4) is 0 Å². The van der Waals surface area contributed by atoms with Crippen molar-refractivity contribution in [1.82, 2.24) is 4.90 Å². The minimum absolute atomic E-state index is 0.0626. The molecule has 1 aliphatic rings. The van der Waals surface area contributed by atoms with Crippen molar-refractivity contribution < 1.29 is 14.3 Å². The number of carbonyl (C=O) groups excluding carboxylic acids is 2. The highest BCUT2D eigenvalue weighted by molar-refractivity contribution is 7.18. The number of piperidine rings is 1. The second-order valence-corrected chi connectivity index (χ2v) is 9.16. The van der Waals surface area contributed by atoms with Gasteiger partial charge in [0.05, 0.1) is 22.1 Å². The molecule has 0 bridgehead atoms. The Balaban J connectivity index is 1.56. The Bertz CT molecular complexity index is 1010. The Morgan fingerprint density at radius 2 is 2.00 bits per heavy atom. The van der Waals surface area contributed by atoms with Crippen LogP contribution in [-0.4, -0.2) is 36.4 Å². The number of likely N-dealkylation sites (tertiary alicyclic amines) is 1. The first-order chi connectivity index (χ1) is 14.9. The SMILES string of the molecule is Cc1c(C(=O)N2CCCCC2)sc(NC(=O)CCCOc2ccc(Cl)cc2Cl)c1C#N. The van der Waals surface area contributed by atoms with E-state index in [1.54, 1.807) is 25.1 Å². The van der Waals surface area contributed by atoms with Gasteiger partial charge in [-0.1, -0.05) is 23.2 Å². The maximum Gasteiger partial charge on any atom is 0.264 e. The van der Waals surface area contributed by atoms with Gasteiger partial charge in [-0.3, -0.25) is 9.59 Å². The first-order valence-electron chi connectivity index (χ1n) is 10.1. The molecule has 1 saturated heterocycles. The van der Waals surface area contributed by atoms with Crippen molar-refractivity contribution >= 4 is 51.4 Å². The molecular weight excluding hydrogens is 457 g/mol. The zero-order valence-electron chi connectivity index (χ0n) is 17.2. The van der Waals surface area contributed by atoms with Gasteiger partial charge in [-0.25, -0.2) is 0 Å². The summed E-state index contributed by atoms with van der Waals surface area (Å²) in [6.45, 7) is 3.53. The fraction of sp³-hybridized carbons (Fsp3) is 0.409. The fourth-order valence-corrected chi connectivity index (χ4v) is 4.98. The minimum Gasteiger partial charge on any atom is -0.492 e. The van der Waals surface area contributed by atoms with Crippen LogP contribution in [0.5, 0.6) is 5.75 Å². The van der Waals surface area contributed by atoms with Gasteiger partial charge < -0.3 is 15.0 Å². The lowest BCUT2D eigenvalue weighted by molar-refractivity contribution is -0.116. The van der Waals surface area contributed by atoms with Crippen molar-refractivity contribution in [2.24, 2.45) is 0 Å². The molecule has 6 nitrogen and oxygen atoms in total. The van der Waals surface area contributed by atoms with Gasteiger partial charge in [-0.2, -0.15) is 5.26 Å². The summed E-state index contributed by atoms with van der Waals surface area (Å²) in [5.74, 6) is 0.209. The first-order valence-corrected chi connectivity index (χ1v) is 11.7. The number of hydrogen-bond acceptors (Lipinski definition) is 5. The summed E-state index contributed by atoms with van der Waals surface area (Å²) in [6.07, 6.45) is 3.80. The summed E-state index contributed by atoms with van der Waals surface area (Å²) >= 11 is 13.1. The molecule has 2 aromatic rings. The molecule has 0 unspecified atom stereocenters. The van der Waals surface area contributed by atoms with Gasteiger partial charge >= 0.3 is 0 Å². The van der Waals surface area contributed by atoms with Crippen LogP contribution in [0.2, 0.25) is 10.0 Å². The number of amides is 2. The summed E-state index contributed by atoms with van der Waals surface area (Å²) in [4.78, 5) is 27.6. The molecule has 1 N–H and O–H groups in total. The number of thiophene rings is 1. The molecular formula is C22H23Cl2N3O3S. The van der Waals surface area contributed by atoms with Crippen LogP contribution < -0.4 is 10.1 Å². The molecule has 2 amide bonds. The van der Waals surface area contributed by atoms with E-state index < -0.39 is 0 Å². The van der Waals surface area contributed by atoms with Gasteiger partial charge in [-0.05, 0) is 56.4 Å². The van der Waals surface area contributed by atoms with E-state index >= 15 is 0 Å². The molecule has 0 radical (unpaired) electrons. The van der Waals surface area contributed by atoms with Crippen LogP contribution in [0.25, 0.3) is 0 Å². The lowest BCUT2D eigenvalue weighted by Crippen LogP contribution is -2.35. The molecule has 1 aromatic heterocycles. The number of nitrogens with zero attached hydrogens (tertiary/aromatic N) is 2. The molecule has 1 aliphatic heterocycles.